The van der Waals surface area contributed by atoms with Gasteiger partial charge in [-0.2, -0.15) is 0 Å². The lowest BCUT2D eigenvalue weighted by Gasteiger charge is -2.43. The molecule has 0 fully saturated rings. The van der Waals surface area contributed by atoms with Gasteiger partial charge in [-0.05, 0) is 47.2 Å². The van der Waals surface area contributed by atoms with Crippen molar-refractivity contribution in [3.05, 3.63) is 51.5 Å². The van der Waals surface area contributed by atoms with Crippen molar-refractivity contribution in [1.29, 1.82) is 0 Å². The maximum atomic E-state index is 12.3. The van der Waals surface area contributed by atoms with Crippen LogP contribution in [0.15, 0.2) is 34.8 Å². The second kappa shape index (κ2) is 7.17. The van der Waals surface area contributed by atoms with Crippen molar-refractivity contribution in [3.63, 3.8) is 0 Å². The Balaban J connectivity index is 2.30. The number of hydrogen-bond acceptors (Lipinski definition) is 3. The highest BCUT2D eigenvalue weighted by Gasteiger charge is 2.42. The van der Waals surface area contributed by atoms with Gasteiger partial charge in [-0.3, -0.25) is 4.79 Å². The van der Waals surface area contributed by atoms with E-state index in [1.54, 1.807) is 12.1 Å². The number of carbonyl (C=O) groups excluding carboxylic acids is 1. The van der Waals surface area contributed by atoms with Crippen LogP contribution in [0, 0.1) is 0 Å². The number of anilines is 2. The van der Waals surface area contributed by atoms with Gasteiger partial charge in [0.2, 0.25) is 0 Å². The quantitative estimate of drug-likeness (QED) is 0.595. The van der Waals surface area contributed by atoms with E-state index in [-0.39, 0.29) is 17.8 Å². The minimum atomic E-state index is -1.06. The minimum absolute atomic E-state index is 0.0487. The van der Waals surface area contributed by atoms with E-state index in [4.69, 9.17) is 4.74 Å². The Kier molecular flexibility index (Phi) is 5.28. The first-order valence-corrected chi connectivity index (χ1v) is 10.3. The molecule has 0 aromatic heterocycles. The van der Waals surface area contributed by atoms with Crippen molar-refractivity contribution >= 4 is 39.2 Å². The molecule has 5 nitrogen and oxygen atoms in total. The number of fused-ring (bicyclic) bond motifs is 2. The van der Waals surface area contributed by atoms with Crippen molar-refractivity contribution in [2.75, 3.05) is 11.5 Å². The third-order valence-electron chi connectivity index (χ3n) is 5.27. The number of carboxylic acid groups (broad SMARTS) is 1. The van der Waals surface area contributed by atoms with Crippen LogP contribution in [-0.2, 0) is 15.6 Å². The Morgan fingerprint density at radius 2 is 1.79 bits per heavy atom. The lowest BCUT2D eigenvalue weighted by molar-refractivity contribution is -0.118. The largest absolute Gasteiger partial charge is 0.486 e. The molecule has 6 heteroatoms. The van der Waals surface area contributed by atoms with Gasteiger partial charge in [0.25, 0.3) is 0 Å². The van der Waals surface area contributed by atoms with E-state index >= 15 is 0 Å². The van der Waals surface area contributed by atoms with E-state index in [1.807, 2.05) is 18.2 Å². The molecule has 29 heavy (non-hydrogen) atoms. The zero-order valence-electron chi connectivity index (χ0n) is 17.6. The summed E-state index contributed by atoms with van der Waals surface area (Å²) in [7, 11) is 0. The Bertz CT molecular complexity index is 1000. The molecular formula is C23H26BrNO4. The third-order valence-corrected chi connectivity index (χ3v) is 5.93. The first-order valence-electron chi connectivity index (χ1n) is 9.49. The standard InChI is InChI=1S/C23H26BrNO4/c1-13(26)12-29-14-7-8-15-18(11-14)25(21(27)28)17-10-9-16(24)19(22(2,3)4)20(17)23(15,5)6/h7-11H,12H2,1-6H3,(H,27,28). The predicted octanol–water partition coefficient (Wildman–Crippen LogP) is 6.17. The topological polar surface area (TPSA) is 66.8 Å². The zero-order valence-corrected chi connectivity index (χ0v) is 19.2. The molecule has 1 amide bonds. The number of benzene rings is 2. The fourth-order valence-electron chi connectivity index (χ4n) is 4.09. The second-order valence-corrected chi connectivity index (χ2v) is 9.83. The summed E-state index contributed by atoms with van der Waals surface area (Å²) < 4.78 is 6.50. The molecule has 0 bridgehead atoms. The van der Waals surface area contributed by atoms with E-state index in [9.17, 15) is 14.7 Å². The molecule has 2 aromatic rings. The molecule has 0 atom stereocenters. The van der Waals surface area contributed by atoms with Gasteiger partial charge < -0.3 is 9.84 Å². The molecule has 0 saturated carbocycles. The lowest BCUT2D eigenvalue weighted by Crippen LogP contribution is -2.38. The summed E-state index contributed by atoms with van der Waals surface area (Å²) in [6, 6.07) is 9.15. The van der Waals surface area contributed by atoms with Gasteiger partial charge in [-0.1, -0.05) is 56.6 Å². The molecule has 2 aromatic carbocycles. The number of nitrogens with zero attached hydrogens (tertiary/aromatic N) is 1. The van der Waals surface area contributed by atoms with Crippen molar-refractivity contribution in [2.45, 2.75) is 52.4 Å². The second-order valence-electron chi connectivity index (χ2n) is 8.98. The number of hydrogen-bond donors (Lipinski definition) is 1. The summed E-state index contributed by atoms with van der Waals surface area (Å²) in [6.07, 6.45) is -1.06. The number of ether oxygens (including phenoxy) is 1. The molecule has 0 unspecified atom stereocenters. The van der Waals surface area contributed by atoms with Crippen molar-refractivity contribution in [1.82, 2.24) is 0 Å². The van der Waals surface area contributed by atoms with E-state index in [1.165, 1.54) is 11.8 Å². The minimum Gasteiger partial charge on any atom is -0.486 e. The average Bonchev–Trinajstić information content (AvgIpc) is 2.59. The van der Waals surface area contributed by atoms with E-state index in [0.29, 0.717) is 17.1 Å². The molecule has 1 N–H and O–H groups in total. The maximum Gasteiger partial charge on any atom is 0.416 e. The van der Waals surface area contributed by atoms with Crippen LogP contribution >= 0.6 is 15.9 Å². The van der Waals surface area contributed by atoms with Gasteiger partial charge in [0, 0.05) is 16.0 Å². The monoisotopic (exact) mass is 459 g/mol. The van der Waals surface area contributed by atoms with Crippen LogP contribution in [0.2, 0.25) is 0 Å². The van der Waals surface area contributed by atoms with Gasteiger partial charge in [0.05, 0.1) is 11.4 Å². The first kappa shape index (κ1) is 21.4. The number of carbonyl (C=O) groups is 2. The number of amides is 1. The highest BCUT2D eigenvalue weighted by atomic mass is 79.9. The van der Waals surface area contributed by atoms with Crippen LogP contribution in [0.3, 0.4) is 0 Å². The molecule has 1 heterocycles. The number of ketones is 1. The molecule has 0 radical (unpaired) electrons. The van der Waals surface area contributed by atoms with E-state index in [2.05, 4.69) is 50.5 Å². The number of halogens is 1. The summed E-state index contributed by atoms with van der Waals surface area (Å²) in [4.78, 5) is 24.9. The molecule has 0 aliphatic carbocycles. The maximum absolute atomic E-state index is 12.3. The highest BCUT2D eigenvalue weighted by molar-refractivity contribution is 9.10. The Morgan fingerprint density at radius 3 is 2.34 bits per heavy atom. The van der Waals surface area contributed by atoms with Gasteiger partial charge in [-0.25, -0.2) is 9.69 Å². The van der Waals surface area contributed by atoms with Crippen LogP contribution in [-0.4, -0.2) is 23.6 Å². The van der Waals surface area contributed by atoms with E-state index < -0.39 is 11.5 Å². The molecular weight excluding hydrogens is 434 g/mol. The normalized spacial score (nSPS) is 14.8. The van der Waals surface area contributed by atoms with Gasteiger partial charge >= 0.3 is 6.09 Å². The molecule has 1 aliphatic rings. The van der Waals surface area contributed by atoms with E-state index in [0.717, 1.165) is 21.2 Å². The van der Waals surface area contributed by atoms with Crippen molar-refractivity contribution in [3.8, 4) is 5.75 Å². The van der Waals surface area contributed by atoms with Crippen molar-refractivity contribution in [2.24, 2.45) is 0 Å². The summed E-state index contributed by atoms with van der Waals surface area (Å²) in [5.74, 6) is 0.376. The van der Waals surface area contributed by atoms with Crippen molar-refractivity contribution < 1.29 is 19.4 Å². The number of rotatable bonds is 3. The third kappa shape index (κ3) is 3.66. The SMILES string of the molecule is CC(=O)COc1ccc2c(c1)N(C(=O)O)c1ccc(Br)c(C(C)(C)C)c1C2(C)C. The van der Waals surface area contributed by atoms with Crippen LogP contribution in [0.4, 0.5) is 16.2 Å². The fourth-order valence-corrected chi connectivity index (χ4v) is 5.01. The highest BCUT2D eigenvalue weighted by Crippen LogP contribution is 2.54. The molecule has 154 valence electrons. The molecule has 0 spiro atoms. The van der Waals surface area contributed by atoms with Crippen LogP contribution in [0.5, 0.6) is 5.75 Å². The van der Waals surface area contributed by atoms with Gasteiger partial charge in [0.15, 0.2) is 5.78 Å². The smallest absolute Gasteiger partial charge is 0.416 e. The summed E-state index contributed by atoms with van der Waals surface area (Å²) in [5, 5.41) is 10.1. The Labute approximate surface area is 179 Å². The van der Waals surface area contributed by atoms with Crippen LogP contribution < -0.4 is 9.64 Å². The van der Waals surface area contributed by atoms with Crippen LogP contribution in [0.1, 0.15) is 58.2 Å². The van der Waals surface area contributed by atoms with Crippen LogP contribution in [0.25, 0.3) is 0 Å². The lowest BCUT2D eigenvalue weighted by atomic mass is 9.68. The summed E-state index contributed by atoms with van der Waals surface area (Å²) >= 11 is 3.69. The predicted molar refractivity (Wildman–Crippen MR) is 118 cm³/mol. The zero-order chi connectivity index (χ0) is 21.7. The first-order chi connectivity index (χ1) is 13.4. The Morgan fingerprint density at radius 1 is 1.14 bits per heavy atom. The molecule has 0 saturated heterocycles. The summed E-state index contributed by atoms with van der Waals surface area (Å²) in [6.45, 7) is 12.0. The van der Waals surface area contributed by atoms with Gasteiger partial charge in [0.1, 0.15) is 12.4 Å². The Hall–Kier alpha value is -2.34. The fraction of sp³-hybridized carbons (Fsp3) is 0.391. The van der Waals surface area contributed by atoms with Gasteiger partial charge in [-0.15, -0.1) is 0 Å². The summed E-state index contributed by atoms with van der Waals surface area (Å²) in [5.41, 5.74) is 3.56. The average molecular weight is 460 g/mol. The number of Topliss-reactive ketones (excluding diaryl/α,β-unsaturated/α-hetero) is 1. The molecule has 1 aliphatic heterocycles. The molecule has 3 rings (SSSR count).